The number of ether oxygens (including phenoxy) is 1. The first-order valence-electron chi connectivity index (χ1n) is 7.29. The molecule has 1 N–H and O–H groups in total. The van der Waals surface area contributed by atoms with Crippen LogP contribution in [0.15, 0.2) is 30.3 Å². The summed E-state index contributed by atoms with van der Waals surface area (Å²) in [6.07, 6.45) is -0.449. The summed E-state index contributed by atoms with van der Waals surface area (Å²) in [5.41, 5.74) is 1.04. The van der Waals surface area contributed by atoms with Gasteiger partial charge < -0.3 is 9.84 Å². The first-order chi connectivity index (χ1) is 9.41. The van der Waals surface area contributed by atoms with E-state index in [-0.39, 0.29) is 11.7 Å². The Morgan fingerprint density at radius 1 is 1.15 bits per heavy atom. The summed E-state index contributed by atoms with van der Waals surface area (Å²) in [6, 6.07) is 9.77. The Kier molecular flexibility index (Phi) is 6.89. The molecule has 0 heterocycles. The molecule has 0 unspecified atom stereocenters. The molecular formula is C17H26O3. The minimum absolute atomic E-state index is 0.0333. The minimum Gasteiger partial charge on any atom is -0.392 e. The van der Waals surface area contributed by atoms with Crippen LogP contribution in [0, 0.1) is 11.8 Å². The smallest absolute Gasteiger partial charge is 0.166 e. The minimum atomic E-state index is -0.592. The third kappa shape index (κ3) is 5.43. The van der Waals surface area contributed by atoms with Crippen LogP contribution in [0.1, 0.15) is 39.7 Å². The predicted molar refractivity (Wildman–Crippen MR) is 80.3 cm³/mol. The molecule has 1 rings (SSSR count). The molecule has 3 atom stereocenters. The zero-order chi connectivity index (χ0) is 15.1. The van der Waals surface area contributed by atoms with E-state index in [1.807, 2.05) is 44.2 Å². The van der Waals surface area contributed by atoms with Gasteiger partial charge in [-0.2, -0.15) is 0 Å². The maximum absolute atomic E-state index is 12.2. The molecule has 0 aliphatic heterocycles. The number of hydrogen-bond acceptors (Lipinski definition) is 3. The predicted octanol–water partition coefficient (Wildman–Crippen LogP) is 3.20. The van der Waals surface area contributed by atoms with E-state index in [0.717, 1.165) is 5.56 Å². The molecule has 1 aromatic carbocycles. The Labute approximate surface area is 122 Å². The molecule has 0 bridgehead atoms. The van der Waals surface area contributed by atoms with Gasteiger partial charge in [0.15, 0.2) is 5.78 Å². The van der Waals surface area contributed by atoms with Gasteiger partial charge in [-0.3, -0.25) is 4.79 Å². The van der Waals surface area contributed by atoms with Gasteiger partial charge in [-0.05, 0) is 24.8 Å². The molecule has 0 amide bonds. The van der Waals surface area contributed by atoms with Gasteiger partial charge in [0.2, 0.25) is 0 Å². The highest BCUT2D eigenvalue weighted by Crippen LogP contribution is 2.17. The van der Waals surface area contributed by atoms with Gasteiger partial charge in [-0.1, -0.05) is 51.1 Å². The highest BCUT2D eigenvalue weighted by molar-refractivity contribution is 5.85. The quantitative estimate of drug-likeness (QED) is 0.794. The number of aliphatic hydroxyl groups is 1. The second-order valence-electron chi connectivity index (χ2n) is 5.83. The summed E-state index contributed by atoms with van der Waals surface area (Å²) in [4.78, 5) is 12.2. The summed E-state index contributed by atoms with van der Waals surface area (Å²) in [6.45, 7) is 8.02. The molecule has 0 aliphatic rings. The average Bonchev–Trinajstić information content (AvgIpc) is 2.43. The van der Waals surface area contributed by atoms with E-state index in [9.17, 15) is 9.90 Å². The van der Waals surface area contributed by atoms with Crippen LogP contribution in [0.5, 0.6) is 0 Å². The van der Waals surface area contributed by atoms with Crippen molar-refractivity contribution in [3.8, 4) is 0 Å². The van der Waals surface area contributed by atoms with Crippen LogP contribution in [-0.2, 0) is 16.1 Å². The Morgan fingerprint density at radius 2 is 1.75 bits per heavy atom. The molecule has 3 nitrogen and oxygen atoms in total. The summed E-state index contributed by atoms with van der Waals surface area (Å²) < 4.78 is 5.61. The molecule has 0 saturated heterocycles. The molecule has 0 saturated carbocycles. The maximum Gasteiger partial charge on any atom is 0.166 e. The molecule has 0 aromatic heterocycles. The summed E-state index contributed by atoms with van der Waals surface area (Å²) in [5, 5.41) is 10.0. The van der Waals surface area contributed by atoms with Gasteiger partial charge >= 0.3 is 0 Å². The summed E-state index contributed by atoms with van der Waals surface area (Å²) in [5.74, 6) is -0.0435. The lowest BCUT2D eigenvalue weighted by Crippen LogP contribution is -2.34. The second-order valence-corrected chi connectivity index (χ2v) is 5.83. The standard InChI is InChI=1S/C17H26O3/c1-12(2)10-16(18)13(3)17(19)14(4)20-11-15-8-6-5-7-9-15/h5-9,12-14,16,18H,10-11H2,1-4H3/t13-,14-,16+/m0/s1. The van der Waals surface area contributed by atoms with Crippen LogP contribution in [0.25, 0.3) is 0 Å². The Hall–Kier alpha value is -1.19. The fourth-order valence-electron chi connectivity index (χ4n) is 2.12. The van der Waals surface area contributed by atoms with E-state index in [4.69, 9.17) is 4.74 Å². The van der Waals surface area contributed by atoms with Crippen molar-refractivity contribution >= 4 is 5.78 Å². The van der Waals surface area contributed by atoms with E-state index in [1.54, 1.807) is 13.8 Å². The summed E-state index contributed by atoms with van der Waals surface area (Å²) >= 11 is 0. The SMILES string of the molecule is CC(C)C[C@@H](O)[C@H](C)C(=O)[C@H](C)OCc1ccccc1. The molecule has 1 aromatic rings. The van der Waals surface area contributed by atoms with Crippen molar-refractivity contribution in [1.29, 1.82) is 0 Å². The number of carbonyl (C=O) groups excluding carboxylic acids is 1. The van der Waals surface area contributed by atoms with E-state index in [2.05, 4.69) is 0 Å². The molecular weight excluding hydrogens is 252 g/mol. The monoisotopic (exact) mass is 278 g/mol. The van der Waals surface area contributed by atoms with E-state index >= 15 is 0 Å². The van der Waals surface area contributed by atoms with Crippen molar-refractivity contribution in [3.05, 3.63) is 35.9 Å². The number of hydrogen-bond donors (Lipinski definition) is 1. The number of rotatable bonds is 8. The average molecular weight is 278 g/mol. The second kappa shape index (κ2) is 8.18. The third-order valence-corrected chi connectivity index (χ3v) is 3.48. The Balaban J connectivity index is 2.46. The lowest BCUT2D eigenvalue weighted by molar-refractivity contribution is -0.137. The van der Waals surface area contributed by atoms with Crippen LogP contribution < -0.4 is 0 Å². The number of aliphatic hydroxyl groups excluding tert-OH is 1. The zero-order valence-corrected chi connectivity index (χ0v) is 12.9. The van der Waals surface area contributed by atoms with Crippen LogP contribution in [0.2, 0.25) is 0 Å². The van der Waals surface area contributed by atoms with Crippen molar-refractivity contribution in [3.63, 3.8) is 0 Å². The van der Waals surface area contributed by atoms with Gasteiger partial charge in [0.25, 0.3) is 0 Å². The van der Waals surface area contributed by atoms with Crippen LogP contribution in [0.3, 0.4) is 0 Å². The fraction of sp³-hybridized carbons (Fsp3) is 0.588. The topological polar surface area (TPSA) is 46.5 Å². The van der Waals surface area contributed by atoms with Gasteiger partial charge in [0.1, 0.15) is 6.10 Å². The van der Waals surface area contributed by atoms with Crippen molar-refractivity contribution in [1.82, 2.24) is 0 Å². The maximum atomic E-state index is 12.2. The van der Waals surface area contributed by atoms with Crippen LogP contribution >= 0.6 is 0 Å². The number of benzene rings is 1. The van der Waals surface area contributed by atoms with Crippen molar-refractivity contribution in [2.45, 2.75) is 52.9 Å². The number of ketones is 1. The molecule has 0 radical (unpaired) electrons. The number of carbonyl (C=O) groups is 1. The third-order valence-electron chi connectivity index (χ3n) is 3.48. The van der Waals surface area contributed by atoms with E-state index in [0.29, 0.717) is 18.9 Å². The van der Waals surface area contributed by atoms with E-state index < -0.39 is 12.2 Å². The van der Waals surface area contributed by atoms with Crippen LogP contribution in [-0.4, -0.2) is 23.1 Å². The van der Waals surface area contributed by atoms with Gasteiger partial charge in [0, 0.05) is 5.92 Å². The lowest BCUT2D eigenvalue weighted by atomic mass is 9.91. The molecule has 0 fully saturated rings. The van der Waals surface area contributed by atoms with Crippen LogP contribution in [0.4, 0.5) is 0 Å². The van der Waals surface area contributed by atoms with Crippen molar-refractivity contribution in [2.75, 3.05) is 0 Å². The van der Waals surface area contributed by atoms with Gasteiger partial charge in [-0.25, -0.2) is 0 Å². The first-order valence-corrected chi connectivity index (χ1v) is 7.29. The highest BCUT2D eigenvalue weighted by Gasteiger charge is 2.27. The molecule has 0 spiro atoms. The lowest BCUT2D eigenvalue weighted by Gasteiger charge is -2.22. The van der Waals surface area contributed by atoms with Crippen molar-refractivity contribution in [2.24, 2.45) is 11.8 Å². The van der Waals surface area contributed by atoms with Crippen molar-refractivity contribution < 1.29 is 14.6 Å². The highest BCUT2D eigenvalue weighted by atomic mass is 16.5. The molecule has 20 heavy (non-hydrogen) atoms. The number of Topliss-reactive ketones (excluding diaryl/α,β-unsaturated/α-hetero) is 1. The summed E-state index contributed by atoms with van der Waals surface area (Å²) in [7, 11) is 0. The Bertz CT molecular complexity index is 400. The molecule has 3 heteroatoms. The molecule has 112 valence electrons. The largest absolute Gasteiger partial charge is 0.392 e. The fourth-order valence-corrected chi connectivity index (χ4v) is 2.12. The first kappa shape index (κ1) is 16.9. The normalized spacial score (nSPS) is 15.9. The molecule has 0 aliphatic carbocycles. The van der Waals surface area contributed by atoms with Gasteiger partial charge in [-0.15, -0.1) is 0 Å². The van der Waals surface area contributed by atoms with Gasteiger partial charge in [0.05, 0.1) is 12.7 Å². The van der Waals surface area contributed by atoms with E-state index in [1.165, 1.54) is 0 Å². The zero-order valence-electron chi connectivity index (χ0n) is 12.9. The Morgan fingerprint density at radius 3 is 2.30 bits per heavy atom.